The minimum absolute atomic E-state index is 0.184. The first-order valence-electron chi connectivity index (χ1n) is 8.52. The minimum Gasteiger partial charge on any atom is -0.496 e. The van der Waals surface area contributed by atoms with E-state index in [1.165, 1.54) is 6.08 Å². The highest BCUT2D eigenvalue weighted by Gasteiger charge is 2.23. The van der Waals surface area contributed by atoms with Crippen molar-refractivity contribution in [2.45, 2.75) is 20.8 Å². The van der Waals surface area contributed by atoms with Crippen LogP contribution in [0.25, 0.3) is 6.08 Å². The van der Waals surface area contributed by atoms with Crippen molar-refractivity contribution in [3.8, 4) is 17.2 Å². The molecule has 0 unspecified atom stereocenters. The Morgan fingerprint density at radius 1 is 0.889 bits per heavy atom. The molecule has 2 aromatic rings. The van der Waals surface area contributed by atoms with E-state index in [0.717, 1.165) is 0 Å². The van der Waals surface area contributed by atoms with E-state index in [1.807, 2.05) is 6.07 Å². The Hall–Kier alpha value is -3.08. The highest BCUT2D eigenvalue weighted by Crippen LogP contribution is 2.29. The lowest BCUT2D eigenvalue weighted by Crippen LogP contribution is -2.25. The summed E-state index contributed by atoms with van der Waals surface area (Å²) in [4.78, 5) is 24.3. The molecule has 0 N–H and O–H groups in total. The monoisotopic (exact) mass is 368 g/mol. The number of allylic oxidation sites excluding steroid dienone is 1. The Balaban J connectivity index is 2.15. The van der Waals surface area contributed by atoms with Gasteiger partial charge in [-0.2, -0.15) is 0 Å². The minimum atomic E-state index is -0.592. The van der Waals surface area contributed by atoms with Gasteiger partial charge in [0.1, 0.15) is 17.2 Å². The fourth-order valence-electron chi connectivity index (χ4n) is 2.25. The summed E-state index contributed by atoms with van der Waals surface area (Å²) < 4.78 is 15.9. The molecule has 0 spiro atoms. The van der Waals surface area contributed by atoms with Gasteiger partial charge in [-0.25, -0.2) is 0 Å². The normalized spacial score (nSPS) is 11.3. The number of benzene rings is 2. The molecule has 0 amide bonds. The first-order chi connectivity index (χ1) is 12.8. The molecule has 0 saturated heterocycles. The largest absolute Gasteiger partial charge is 0.496 e. The zero-order valence-corrected chi connectivity index (χ0v) is 16.2. The van der Waals surface area contributed by atoms with E-state index in [1.54, 1.807) is 77.5 Å². The number of esters is 1. The lowest BCUT2D eigenvalue weighted by molar-refractivity contribution is -0.142. The van der Waals surface area contributed by atoms with Crippen molar-refractivity contribution in [1.29, 1.82) is 0 Å². The number of rotatable bonds is 6. The topological polar surface area (TPSA) is 61.8 Å². The summed E-state index contributed by atoms with van der Waals surface area (Å²) in [7, 11) is 3.12. The summed E-state index contributed by atoms with van der Waals surface area (Å²) in [6.07, 6.45) is 3.12. The third-order valence-electron chi connectivity index (χ3n) is 3.83. The van der Waals surface area contributed by atoms with Gasteiger partial charge in [-0.3, -0.25) is 9.59 Å². The molecular formula is C22H24O5. The van der Waals surface area contributed by atoms with Crippen LogP contribution >= 0.6 is 0 Å². The van der Waals surface area contributed by atoms with Gasteiger partial charge in [-0.15, -0.1) is 0 Å². The van der Waals surface area contributed by atoms with E-state index in [2.05, 4.69) is 0 Å². The Kier molecular flexibility index (Phi) is 6.40. The Morgan fingerprint density at radius 3 is 1.93 bits per heavy atom. The van der Waals surface area contributed by atoms with E-state index < -0.39 is 5.41 Å². The zero-order chi connectivity index (χ0) is 20.0. The Morgan fingerprint density at radius 2 is 1.44 bits per heavy atom. The molecule has 2 aromatic carbocycles. The van der Waals surface area contributed by atoms with Crippen LogP contribution in [0.2, 0.25) is 0 Å². The molecule has 0 aliphatic rings. The number of hydrogen-bond donors (Lipinski definition) is 0. The average Bonchev–Trinajstić information content (AvgIpc) is 2.65. The molecule has 0 aliphatic carbocycles. The summed E-state index contributed by atoms with van der Waals surface area (Å²) in [6.45, 7) is 5.35. The van der Waals surface area contributed by atoms with Crippen LogP contribution in [0.4, 0.5) is 0 Å². The average molecular weight is 368 g/mol. The maximum absolute atomic E-state index is 12.4. The molecule has 2 rings (SSSR count). The summed E-state index contributed by atoms with van der Waals surface area (Å²) in [5.74, 6) is 1.12. The van der Waals surface area contributed by atoms with E-state index in [0.29, 0.717) is 28.4 Å². The molecule has 142 valence electrons. The third kappa shape index (κ3) is 5.20. The summed E-state index contributed by atoms with van der Waals surface area (Å²) >= 11 is 0. The molecule has 0 aliphatic heterocycles. The van der Waals surface area contributed by atoms with Crippen molar-refractivity contribution >= 4 is 17.8 Å². The molecule has 0 radical (unpaired) electrons. The SMILES string of the molecule is COc1cccc(OC)c1C=CC(=O)c1ccc(OC(=O)C(C)(C)C)cc1. The van der Waals surface area contributed by atoms with Crippen LogP contribution in [-0.4, -0.2) is 26.0 Å². The maximum Gasteiger partial charge on any atom is 0.316 e. The fourth-order valence-corrected chi connectivity index (χ4v) is 2.25. The maximum atomic E-state index is 12.4. The molecule has 5 heteroatoms. The smallest absolute Gasteiger partial charge is 0.316 e. The van der Waals surface area contributed by atoms with Crippen LogP contribution in [0, 0.1) is 5.41 Å². The lowest BCUT2D eigenvalue weighted by atomic mass is 9.97. The van der Waals surface area contributed by atoms with Crippen LogP contribution in [0.3, 0.4) is 0 Å². The van der Waals surface area contributed by atoms with Gasteiger partial charge in [0, 0.05) is 5.56 Å². The molecular weight excluding hydrogens is 344 g/mol. The van der Waals surface area contributed by atoms with Crippen LogP contribution in [0.1, 0.15) is 36.7 Å². The quantitative estimate of drug-likeness (QED) is 0.324. The van der Waals surface area contributed by atoms with Crippen LogP contribution < -0.4 is 14.2 Å². The van der Waals surface area contributed by atoms with Crippen molar-refractivity contribution in [3.63, 3.8) is 0 Å². The van der Waals surface area contributed by atoms with Gasteiger partial charge in [0.05, 0.1) is 25.2 Å². The summed E-state index contributed by atoms with van der Waals surface area (Å²) in [6, 6.07) is 11.9. The molecule has 0 atom stereocenters. The standard InChI is InChI=1S/C22H24O5/c1-22(2,3)21(24)27-16-11-9-15(10-12-16)18(23)14-13-17-19(25-4)7-6-8-20(17)26-5/h6-14H,1-5H3. The predicted octanol–water partition coefficient (Wildman–Crippen LogP) is 4.55. The number of methoxy groups -OCH3 is 2. The molecule has 27 heavy (non-hydrogen) atoms. The van der Waals surface area contributed by atoms with Gasteiger partial charge >= 0.3 is 5.97 Å². The molecule has 0 bridgehead atoms. The van der Waals surface area contributed by atoms with Crippen LogP contribution in [-0.2, 0) is 4.79 Å². The van der Waals surface area contributed by atoms with Gasteiger partial charge in [0.2, 0.25) is 0 Å². The fraction of sp³-hybridized carbons (Fsp3) is 0.273. The van der Waals surface area contributed by atoms with Gasteiger partial charge in [-0.1, -0.05) is 6.07 Å². The summed E-state index contributed by atoms with van der Waals surface area (Å²) in [5, 5.41) is 0. The van der Waals surface area contributed by atoms with Crippen LogP contribution in [0.15, 0.2) is 48.5 Å². The second-order valence-electron chi connectivity index (χ2n) is 6.94. The van der Waals surface area contributed by atoms with E-state index >= 15 is 0 Å². The highest BCUT2D eigenvalue weighted by atomic mass is 16.5. The molecule has 0 heterocycles. The van der Waals surface area contributed by atoms with Crippen molar-refractivity contribution in [3.05, 3.63) is 59.7 Å². The lowest BCUT2D eigenvalue weighted by Gasteiger charge is -2.16. The first-order valence-corrected chi connectivity index (χ1v) is 8.52. The number of hydrogen-bond acceptors (Lipinski definition) is 5. The van der Waals surface area contributed by atoms with E-state index in [4.69, 9.17) is 14.2 Å². The molecule has 5 nitrogen and oxygen atoms in total. The number of ether oxygens (including phenoxy) is 3. The number of ketones is 1. The Bertz CT molecular complexity index is 820. The van der Waals surface area contributed by atoms with Gasteiger partial charge in [-0.05, 0) is 69.3 Å². The van der Waals surface area contributed by atoms with Crippen molar-refractivity contribution < 1.29 is 23.8 Å². The van der Waals surface area contributed by atoms with Crippen LogP contribution in [0.5, 0.6) is 17.2 Å². The van der Waals surface area contributed by atoms with Gasteiger partial charge in [0.15, 0.2) is 5.78 Å². The van der Waals surface area contributed by atoms with Gasteiger partial charge in [0.25, 0.3) is 0 Å². The zero-order valence-electron chi connectivity index (χ0n) is 16.2. The molecule has 0 fully saturated rings. The van der Waals surface area contributed by atoms with Crippen molar-refractivity contribution in [2.24, 2.45) is 5.41 Å². The number of carbonyl (C=O) groups is 2. The van der Waals surface area contributed by atoms with Crippen molar-refractivity contribution in [2.75, 3.05) is 14.2 Å². The number of carbonyl (C=O) groups excluding carboxylic acids is 2. The predicted molar refractivity (Wildman–Crippen MR) is 104 cm³/mol. The molecule has 0 aromatic heterocycles. The first kappa shape index (κ1) is 20.2. The van der Waals surface area contributed by atoms with Gasteiger partial charge < -0.3 is 14.2 Å². The third-order valence-corrected chi connectivity index (χ3v) is 3.83. The van der Waals surface area contributed by atoms with E-state index in [9.17, 15) is 9.59 Å². The Labute approximate surface area is 159 Å². The highest BCUT2D eigenvalue weighted by molar-refractivity contribution is 6.07. The van der Waals surface area contributed by atoms with Crippen molar-refractivity contribution in [1.82, 2.24) is 0 Å². The second kappa shape index (κ2) is 8.54. The van der Waals surface area contributed by atoms with E-state index in [-0.39, 0.29) is 11.8 Å². The molecule has 0 saturated carbocycles. The second-order valence-corrected chi connectivity index (χ2v) is 6.94. The summed E-state index contributed by atoms with van der Waals surface area (Å²) in [5.41, 5.74) is 0.577.